The van der Waals surface area contributed by atoms with Crippen molar-refractivity contribution in [1.29, 1.82) is 0 Å². The number of hydrazone groups is 1. The SMILES string of the molecule is CC[C@@H](C)c1ccc(OCC(=O)N/N=C\c2ccc([N+](=O)[O-])cc2)cc1. The van der Waals surface area contributed by atoms with Crippen LogP contribution in [0.4, 0.5) is 5.69 Å². The molecule has 0 saturated heterocycles. The van der Waals surface area contributed by atoms with Crippen molar-refractivity contribution >= 4 is 17.8 Å². The summed E-state index contributed by atoms with van der Waals surface area (Å²) in [4.78, 5) is 21.8. The van der Waals surface area contributed by atoms with Crippen molar-refractivity contribution in [1.82, 2.24) is 5.43 Å². The Hall–Kier alpha value is -3.22. The van der Waals surface area contributed by atoms with Gasteiger partial charge in [-0.2, -0.15) is 5.10 Å². The minimum atomic E-state index is -0.477. The number of nitrogens with one attached hydrogen (secondary N) is 1. The van der Waals surface area contributed by atoms with Crippen LogP contribution < -0.4 is 10.2 Å². The van der Waals surface area contributed by atoms with Gasteiger partial charge in [0.1, 0.15) is 5.75 Å². The maximum atomic E-state index is 11.7. The minimum Gasteiger partial charge on any atom is -0.484 e. The third-order valence-corrected chi connectivity index (χ3v) is 3.94. The van der Waals surface area contributed by atoms with E-state index in [2.05, 4.69) is 24.4 Å². The van der Waals surface area contributed by atoms with E-state index in [4.69, 9.17) is 4.74 Å². The van der Waals surface area contributed by atoms with E-state index in [1.54, 1.807) is 12.1 Å². The van der Waals surface area contributed by atoms with Crippen LogP contribution >= 0.6 is 0 Å². The Balaban J connectivity index is 1.78. The highest BCUT2D eigenvalue weighted by molar-refractivity contribution is 5.83. The standard InChI is InChI=1S/C19H21N3O4/c1-3-14(2)16-6-10-18(11-7-16)26-13-19(23)21-20-12-15-4-8-17(9-5-15)22(24)25/h4-12,14H,3,13H2,1-2H3,(H,21,23)/b20-12-/t14-/m1/s1. The summed E-state index contributed by atoms with van der Waals surface area (Å²) in [6.07, 6.45) is 2.47. The molecular weight excluding hydrogens is 334 g/mol. The number of carbonyl (C=O) groups is 1. The van der Waals surface area contributed by atoms with Crippen LogP contribution in [0.25, 0.3) is 0 Å². The van der Waals surface area contributed by atoms with Crippen LogP contribution in [0.2, 0.25) is 0 Å². The Morgan fingerprint density at radius 1 is 1.23 bits per heavy atom. The summed E-state index contributed by atoms with van der Waals surface area (Å²) in [5.41, 5.74) is 4.22. The molecule has 1 amide bonds. The van der Waals surface area contributed by atoms with Crippen LogP contribution in [0.1, 0.15) is 37.3 Å². The van der Waals surface area contributed by atoms with E-state index in [1.807, 2.05) is 24.3 Å². The molecule has 0 unspecified atom stereocenters. The van der Waals surface area contributed by atoms with Crippen LogP contribution in [0.15, 0.2) is 53.6 Å². The second-order valence-corrected chi connectivity index (χ2v) is 5.81. The van der Waals surface area contributed by atoms with Crippen molar-refractivity contribution in [3.05, 3.63) is 69.8 Å². The van der Waals surface area contributed by atoms with Gasteiger partial charge in [-0.25, -0.2) is 5.43 Å². The number of rotatable bonds is 8. The highest BCUT2D eigenvalue weighted by Crippen LogP contribution is 2.21. The number of hydrogen-bond acceptors (Lipinski definition) is 5. The molecule has 0 radical (unpaired) electrons. The number of amides is 1. The Morgan fingerprint density at radius 3 is 2.46 bits per heavy atom. The van der Waals surface area contributed by atoms with E-state index >= 15 is 0 Å². The average Bonchev–Trinajstić information content (AvgIpc) is 2.66. The summed E-state index contributed by atoms with van der Waals surface area (Å²) >= 11 is 0. The van der Waals surface area contributed by atoms with Crippen molar-refractivity contribution < 1.29 is 14.5 Å². The number of ether oxygens (including phenoxy) is 1. The average molecular weight is 355 g/mol. The number of nitrogens with zero attached hydrogens (tertiary/aromatic N) is 2. The Bertz CT molecular complexity index is 770. The van der Waals surface area contributed by atoms with Gasteiger partial charge in [0, 0.05) is 12.1 Å². The first-order valence-electron chi connectivity index (χ1n) is 8.28. The topological polar surface area (TPSA) is 93.8 Å². The highest BCUT2D eigenvalue weighted by Gasteiger charge is 2.05. The lowest BCUT2D eigenvalue weighted by atomic mass is 9.99. The number of benzene rings is 2. The summed E-state index contributed by atoms with van der Waals surface area (Å²) in [6, 6.07) is 13.5. The monoisotopic (exact) mass is 355 g/mol. The lowest BCUT2D eigenvalue weighted by molar-refractivity contribution is -0.384. The van der Waals surface area contributed by atoms with Gasteiger partial charge in [-0.3, -0.25) is 14.9 Å². The number of carbonyl (C=O) groups excluding carboxylic acids is 1. The molecule has 0 aliphatic rings. The molecule has 7 heteroatoms. The molecule has 2 aromatic carbocycles. The van der Waals surface area contributed by atoms with Crippen molar-refractivity contribution in [3.8, 4) is 5.75 Å². The molecule has 0 saturated carbocycles. The molecular formula is C19H21N3O4. The van der Waals surface area contributed by atoms with Gasteiger partial charge >= 0.3 is 0 Å². The minimum absolute atomic E-state index is 0.000986. The van der Waals surface area contributed by atoms with Crippen LogP contribution in [-0.2, 0) is 4.79 Å². The summed E-state index contributed by atoms with van der Waals surface area (Å²) in [7, 11) is 0. The van der Waals surface area contributed by atoms with Gasteiger partial charge in [0.05, 0.1) is 11.1 Å². The molecule has 0 spiro atoms. The Kier molecular flexibility index (Phi) is 6.84. The number of non-ortho nitro benzene ring substituents is 1. The summed E-state index contributed by atoms with van der Waals surface area (Å²) in [6.45, 7) is 4.14. The Morgan fingerprint density at radius 2 is 1.88 bits per heavy atom. The molecule has 0 heterocycles. The molecule has 1 N–H and O–H groups in total. The third-order valence-electron chi connectivity index (χ3n) is 3.94. The Labute approximate surface area is 151 Å². The van der Waals surface area contributed by atoms with Crippen LogP contribution in [0, 0.1) is 10.1 Å². The fourth-order valence-corrected chi connectivity index (χ4v) is 2.17. The van der Waals surface area contributed by atoms with Crippen molar-refractivity contribution in [3.63, 3.8) is 0 Å². The molecule has 26 heavy (non-hydrogen) atoms. The van der Waals surface area contributed by atoms with E-state index in [9.17, 15) is 14.9 Å². The maximum absolute atomic E-state index is 11.7. The van der Waals surface area contributed by atoms with Gasteiger partial charge in [-0.15, -0.1) is 0 Å². The quantitative estimate of drug-likeness (QED) is 0.444. The van der Waals surface area contributed by atoms with Crippen LogP contribution in [0.5, 0.6) is 5.75 Å². The first-order chi connectivity index (χ1) is 12.5. The lowest BCUT2D eigenvalue weighted by Crippen LogP contribution is -2.24. The first-order valence-corrected chi connectivity index (χ1v) is 8.28. The highest BCUT2D eigenvalue weighted by atomic mass is 16.6. The number of nitro benzene ring substituents is 1. The fourth-order valence-electron chi connectivity index (χ4n) is 2.17. The zero-order valence-electron chi connectivity index (χ0n) is 14.7. The molecule has 136 valence electrons. The van der Waals surface area contributed by atoms with Gasteiger partial charge in [0.25, 0.3) is 11.6 Å². The normalized spacial score (nSPS) is 11.9. The second kappa shape index (κ2) is 9.31. The third kappa shape index (κ3) is 5.70. The van der Waals surface area contributed by atoms with Gasteiger partial charge in [0.15, 0.2) is 6.61 Å². The zero-order chi connectivity index (χ0) is 18.9. The second-order valence-electron chi connectivity index (χ2n) is 5.81. The number of hydrogen-bond donors (Lipinski definition) is 1. The molecule has 0 aliphatic heterocycles. The first kappa shape index (κ1) is 19.1. The van der Waals surface area contributed by atoms with E-state index in [-0.39, 0.29) is 12.3 Å². The summed E-state index contributed by atoms with van der Waals surface area (Å²) < 4.78 is 5.42. The van der Waals surface area contributed by atoms with Crippen molar-refractivity contribution in [2.24, 2.45) is 5.10 Å². The molecule has 7 nitrogen and oxygen atoms in total. The van der Waals surface area contributed by atoms with Gasteiger partial charge < -0.3 is 4.74 Å². The molecule has 2 aromatic rings. The van der Waals surface area contributed by atoms with E-state index < -0.39 is 10.8 Å². The van der Waals surface area contributed by atoms with Crippen LogP contribution in [-0.4, -0.2) is 23.7 Å². The van der Waals surface area contributed by atoms with E-state index in [0.717, 1.165) is 6.42 Å². The number of nitro groups is 1. The molecule has 0 fully saturated rings. The van der Waals surface area contributed by atoms with Crippen molar-refractivity contribution in [2.75, 3.05) is 6.61 Å². The van der Waals surface area contributed by atoms with E-state index in [0.29, 0.717) is 17.2 Å². The molecule has 0 aromatic heterocycles. The smallest absolute Gasteiger partial charge is 0.277 e. The molecule has 0 bridgehead atoms. The lowest BCUT2D eigenvalue weighted by Gasteiger charge is -2.10. The zero-order valence-corrected chi connectivity index (χ0v) is 14.7. The van der Waals surface area contributed by atoms with Gasteiger partial charge in [0.2, 0.25) is 0 Å². The van der Waals surface area contributed by atoms with Crippen molar-refractivity contribution in [2.45, 2.75) is 26.2 Å². The van der Waals surface area contributed by atoms with Gasteiger partial charge in [-0.1, -0.05) is 26.0 Å². The molecule has 2 rings (SSSR count). The summed E-state index contributed by atoms with van der Waals surface area (Å²) in [5, 5.41) is 14.4. The largest absolute Gasteiger partial charge is 0.484 e. The van der Waals surface area contributed by atoms with Gasteiger partial charge in [-0.05, 0) is 47.7 Å². The molecule has 1 atom stereocenters. The summed E-state index contributed by atoms with van der Waals surface area (Å²) in [5.74, 6) is 0.710. The fraction of sp³-hybridized carbons (Fsp3) is 0.263. The maximum Gasteiger partial charge on any atom is 0.277 e. The molecule has 0 aliphatic carbocycles. The predicted molar refractivity (Wildman–Crippen MR) is 99.5 cm³/mol. The van der Waals surface area contributed by atoms with E-state index in [1.165, 1.54) is 23.9 Å². The van der Waals surface area contributed by atoms with Crippen LogP contribution in [0.3, 0.4) is 0 Å². The predicted octanol–water partition coefficient (Wildman–Crippen LogP) is 3.64.